The monoisotopic (exact) mass is 533 g/mol. The van der Waals surface area contributed by atoms with Crippen LogP contribution in [0.25, 0.3) is 16.8 Å². The highest BCUT2D eigenvalue weighted by Gasteiger charge is 2.58. The predicted molar refractivity (Wildman–Crippen MR) is 137 cm³/mol. The Balaban J connectivity index is 1.68. The summed E-state index contributed by atoms with van der Waals surface area (Å²) in [5, 5.41) is -0.433. The molecule has 2 heterocycles. The number of benzene rings is 3. The van der Waals surface area contributed by atoms with Gasteiger partial charge in [-0.3, -0.25) is 0 Å². The maximum absolute atomic E-state index is 14.2. The molecule has 0 aliphatic carbocycles. The van der Waals surface area contributed by atoms with Gasteiger partial charge in [0.05, 0.1) is 16.5 Å². The zero-order valence-electron chi connectivity index (χ0n) is 21.4. The first kappa shape index (κ1) is 26.4. The minimum Gasteiger partial charge on any atom is -0.463 e. The van der Waals surface area contributed by atoms with Crippen molar-refractivity contribution in [2.24, 2.45) is 0 Å². The lowest BCUT2D eigenvalue weighted by atomic mass is 9.76. The van der Waals surface area contributed by atoms with Gasteiger partial charge in [0.2, 0.25) is 5.72 Å². The van der Waals surface area contributed by atoms with E-state index in [0.717, 1.165) is 55.1 Å². The first-order valence-corrected chi connectivity index (χ1v) is 12.8. The van der Waals surface area contributed by atoms with Gasteiger partial charge in [-0.15, -0.1) is 0 Å². The molecule has 0 aromatic heterocycles. The third kappa shape index (κ3) is 4.03. The maximum atomic E-state index is 14.2. The first-order chi connectivity index (χ1) is 17.8. The van der Waals surface area contributed by atoms with Crippen molar-refractivity contribution in [1.29, 1.82) is 0 Å². The molecule has 2 aliphatic rings. The van der Waals surface area contributed by atoms with Gasteiger partial charge in [-0.05, 0) is 73.0 Å². The lowest BCUT2D eigenvalue weighted by molar-refractivity contribution is -0.139. The Hall–Kier alpha value is -3.16. The van der Waals surface area contributed by atoms with E-state index in [1.54, 1.807) is 6.08 Å². The SMILES string of the molecule is CCCCCCN1c2ccccc2C(C)(C)C12C=Cc1c(cc(C(F)(F)F)c3cc(C(F)(F)F)ccc13)O2. The van der Waals surface area contributed by atoms with Crippen LogP contribution in [0.4, 0.5) is 32.0 Å². The van der Waals surface area contributed by atoms with E-state index >= 15 is 0 Å². The molecule has 0 amide bonds. The second kappa shape index (κ2) is 8.95. The fourth-order valence-electron chi connectivity index (χ4n) is 5.90. The van der Waals surface area contributed by atoms with Crippen molar-refractivity contribution in [2.75, 3.05) is 11.4 Å². The summed E-state index contributed by atoms with van der Waals surface area (Å²) in [6.07, 6.45) is -2.02. The molecule has 1 unspecified atom stereocenters. The number of nitrogens with zero attached hydrogens (tertiary/aromatic N) is 1. The topological polar surface area (TPSA) is 12.5 Å². The van der Waals surface area contributed by atoms with Crippen LogP contribution < -0.4 is 9.64 Å². The quantitative estimate of drug-likeness (QED) is 0.239. The average molecular weight is 534 g/mol. The number of para-hydroxylation sites is 1. The van der Waals surface area contributed by atoms with Crippen molar-refractivity contribution in [2.45, 2.75) is 69.9 Å². The van der Waals surface area contributed by atoms with Crippen LogP contribution in [0.1, 0.15) is 68.7 Å². The largest absolute Gasteiger partial charge is 0.463 e. The Bertz CT molecular complexity index is 1400. The van der Waals surface area contributed by atoms with Crippen LogP contribution in [-0.2, 0) is 17.8 Å². The molecule has 3 aromatic carbocycles. The molecule has 0 fully saturated rings. The number of ether oxygens (including phenoxy) is 1. The van der Waals surface area contributed by atoms with E-state index in [4.69, 9.17) is 4.74 Å². The molecule has 1 atom stereocenters. The van der Waals surface area contributed by atoms with E-state index in [2.05, 4.69) is 11.8 Å². The van der Waals surface area contributed by atoms with Gasteiger partial charge in [-0.25, -0.2) is 0 Å². The van der Waals surface area contributed by atoms with Crippen LogP contribution in [0.15, 0.2) is 54.6 Å². The van der Waals surface area contributed by atoms with Crippen LogP contribution in [0.5, 0.6) is 5.75 Å². The van der Waals surface area contributed by atoms with Crippen LogP contribution in [0.2, 0.25) is 0 Å². The fourth-order valence-corrected chi connectivity index (χ4v) is 5.90. The first-order valence-electron chi connectivity index (χ1n) is 12.8. The minimum absolute atomic E-state index is 0.00604. The number of unbranched alkanes of at least 4 members (excludes halogenated alkanes) is 3. The molecule has 2 aliphatic heterocycles. The number of halogens is 6. The molecule has 0 saturated heterocycles. The molecule has 1 spiro atoms. The van der Waals surface area contributed by atoms with Gasteiger partial charge in [0, 0.05) is 17.8 Å². The van der Waals surface area contributed by atoms with Gasteiger partial charge in [-0.1, -0.05) is 50.5 Å². The summed E-state index contributed by atoms with van der Waals surface area (Å²) in [4.78, 5) is 2.13. The summed E-state index contributed by atoms with van der Waals surface area (Å²) in [6, 6.07) is 11.2. The van der Waals surface area contributed by atoms with Crippen molar-refractivity contribution in [3.63, 3.8) is 0 Å². The molecule has 8 heteroatoms. The highest BCUT2D eigenvalue weighted by Crippen LogP contribution is 2.56. The van der Waals surface area contributed by atoms with E-state index in [1.165, 1.54) is 0 Å². The number of fused-ring (bicyclic) bond motifs is 4. The molecule has 0 N–H and O–H groups in total. The molecular formula is C30H29F6NO. The Morgan fingerprint density at radius 2 is 1.58 bits per heavy atom. The number of hydrogen-bond donors (Lipinski definition) is 0. The standard InChI is InChI=1S/C30H29F6NO/c1-4-5-6-9-16-37-25-11-8-7-10-23(25)27(2,3)28(37)15-14-21-20-13-12-19(29(31,32)33)17-22(20)24(30(34,35)36)18-26(21)38-28/h7-8,10-15,17-18H,4-6,9,16H2,1-3H3. The fraction of sp³-hybridized carbons (Fsp3) is 0.400. The second-order valence-corrected chi connectivity index (χ2v) is 10.6. The molecular weight excluding hydrogens is 504 g/mol. The normalized spacial score (nSPS) is 20.1. The zero-order chi connectivity index (χ0) is 27.5. The molecule has 0 bridgehead atoms. The Morgan fingerprint density at radius 1 is 0.842 bits per heavy atom. The van der Waals surface area contributed by atoms with Gasteiger partial charge in [0.1, 0.15) is 5.75 Å². The number of anilines is 1. The molecule has 3 aromatic rings. The lowest BCUT2D eigenvalue weighted by Gasteiger charge is -2.47. The second-order valence-electron chi connectivity index (χ2n) is 10.6. The third-order valence-corrected chi connectivity index (χ3v) is 7.91. The zero-order valence-corrected chi connectivity index (χ0v) is 21.4. The Labute approximate surface area is 217 Å². The maximum Gasteiger partial charge on any atom is 0.417 e. The van der Waals surface area contributed by atoms with Gasteiger partial charge >= 0.3 is 12.4 Å². The summed E-state index contributed by atoms with van der Waals surface area (Å²) < 4.78 is 89.3. The third-order valence-electron chi connectivity index (χ3n) is 7.91. The van der Waals surface area contributed by atoms with Crippen molar-refractivity contribution in [1.82, 2.24) is 0 Å². The lowest BCUT2D eigenvalue weighted by Crippen LogP contribution is -2.59. The molecule has 0 saturated carbocycles. The Kier molecular flexibility index (Phi) is 6.23. The van der Waals surface area contributed by atoms with Crippen molar-refractivity contribution in [3.8, 4) is 5.75 Å². The van der Waals surface area contributed by atoms with Crippen LogP contribution in [0, 0.1) is 0 Å². The molecule has 202 valence electrons. The Morgan fingerprint density at radius 3 is 2.26 bits per heavy atom. The van der Waals surface area contributed by atoms with Crippen LogP contribution in [0.3, 0.4) is 0 Å². The molecule has 5 rings (SSSR count). The highest BCUT2D eigenvalue weighted by molar-refractivity contribution is 5.97. The highest BCUT2D eigenvalue weighted by atomic mass is 19.4. The predicted octanol–water partition coefficient (Wildman–Crippen LogP) is 9.36. The van der Waals surface area contributed by atoms with E-state index in [0.29, 0.717) is 18.2 Å². The summed E-state index contributed by atoms with van der Waals surface area (Å²) in [6.45, 7) is 6.79. The van der Waals surface area contributed by atoms with Gasteiger partial charge in [0.25, 0.3) is 0 Å². The van der Waals surface area contributed by atoms with Crippen LogP contribution >= 0.6 is 0 Å². The molecule has 2 nitrogen and oxygen atoms in total. The van der Waals surface area contributed by atoms with E-state index in [9.17, 15) is 26.3 Å². The number of rotatable bonds is 5. The van der Waals surface area contributed by atoms with Crippen molar-refractivity contribution < 1.29 is 31.1 Å². The summed E-state index contributed by atoms with van der Waals surface area (Å²) in [5.74, 6) is 0.00604. The number of hydrogen-bond acceptors (Lipinski definition) is 2. The van der Waals surface area contributed by atoms with E-state index < -0.39 is 40.0 Å². The smallest absolute Gasteiger partial charge is 0.417 e. The van der Waals surface area contributed by atoms with E-state index in [-0.39, 0.29) is 11.1 Å². The molecule has 0 radical (unpaired) electrons. The molecule has 38 heavy (non-hydrogen) atoms. The van der Waals surface area contributed by atoms with Gasteiger partial charge in [-0.2, -0.15) is 26.3 Å². The van der Waals surface area contributed by atoms with Crippen molar-refractivity contribution >= 4 is 22.5 Å². The van der Waals surface area contributed by atoms with Gasteiger partial charge < -0.3 is 9.64 Å². The summed E-state index contributed by atoms with van der Waals surface area (Å²) in [7, 11) is 0. The summed E-state index contributed by atoms with van der Waals surface area (Å²) >= 11 is 0. The van der Waals surface area contributed by atoms with Crippen LogP contribution in [-0.4, -0.2) is 12.3 Å². The number of alkyl halides is 6. The van der Waals surface area contributed by atoms with E-state index in [1.807, 2.05) is 44.2 Å². The van der Waals surface area contributed by atoms with Gasteiger partial charge in [0.15, 0.2) is 0 Å². The minimum atomic E-state index is -4.87. The summed E-state index contributed by atoms with van der Waals surface area (Å²) in [5.41, 5.74) is -1.67. The van der Waals surface area contributed by atoms with Crippen molar-refractivity contribution in [3.05, 3.63) is 76.9 Å². The average Bonchev–Trinajstić information content (AvgIpc) is 3.03.